The minimum absolute atomic E-state index is 0.0207. The van der Waals surface area contributed by atoms with E-state index in [2.05, 4.69) is 45.9 Å². The van der Waals surface area contributed by atoms with E-state index in [9.17, 15) is 37.2 Å². The number of aryl methyl sites for hydroxylation is 4. The van der Waals surface area contributed by atoms with E-state index in [4.69, 9.17) is 51.1 Å². The number of pyridine rings is 3. The van der Waals surface area contributed by atoms with Gasteiger partial charge in [0.2, 0.25) is 0 Å². The molecule has 0 aliphatic heterocycles. The Morgan fingerprint density at radius 1 is 0.402 bits per heavy atom. The summed E-state index contributed by atoms with van der Waals surface area (Å²) in [5, 5.41) is 13.8. The van der Waals surface area contributed by atoms with Gasteiger partial charge in [0.05, 0.1) is 112 Å². The van der Waals surface area contributed by atoms with E-state index in [1.807, 2.05) is 155 Å². The van der Waals surface area contributed by atoms with Gasteiger partial charge in [0, 0.05) is 57.7 Å². The zero-order valence-corrected chi connectivity index (χ0v) is 66.1. The second-order valence-corrected chi connectivity index (χ2v) is 30.4. The molecule has 6 heterocycles. The van der Waals surface area contributed by atoms with Gasteiger partial charge < -0.3 is 20.7 Å². The van der Waals surface area contributed by atoms with Gasteiger partial charge in [-0.3, -0.25) is 57.4 Å². The van der Waals surface area contributed by atoms with Gasteiger partial charge in [-0.05, 0) is 182 Å². The van der Waals surface area contributed by atoms with Crippen molar-refractivity contribution in [1.82, 2.24) is 59.6 Å². The van der Waals surface area contributed by atoms with Gasteiger partial charge in [0.15, 0.2) is 9.84 Å². The quantitative estimate of drug-likeness (QED) is 0.0764. The molecule has 3 amide bonds. The highest BCUT2D eigenvalue weighted by Gasteiger charge is 2.27. The molecular formula is C86H74Cl4N12O9S. The van der Waals surface area contributed by atoms with Crippen molar-refractivity contribution in [3.63, 3.8) is 0 Å². The van der Waals surface area contributed by atoms with Crippen molar-refractivity contribution in [2.24, 2.45) is 0 Å². The van der Waals surface area contributed by atoms with Crippen molar-refractivity contribution in [1.29, 1.82) is 0 Å². The van der Waals surface area contributed by atoms with E-state index in [1.165, 1.54) is 18.3 Å². The van der Waals surface area contributed by atoms with Crippen LogP contribution >= 0.6 is 46.4 Å². The average molecular weight is 1590 g/mol. The summed E-state index contributed by atoms with van der Waals surface area (Å²) in [5.41, 5.74) is 7.64. The smallest absolute Gasteiger partial charge is 0.272 e. The van der Waals surface area contributed by atoms with E-state index in [-0.39, 0.29) is 50.7 Å². The van der Waals surface area contributed by atoms with Crippen LogP contribution in [-0.2, 0) is 9.84 Å². The first kappa shape index (κ1) is 79.5. The highest BCUT2D eigenvalue weighted by molar-refractivity contribution is 7.90. The largest absolute Gasteiger partial charge is 0.489 e. The summed E-state index contributed by atoms with van der Waals surface area (Å²) in [6, 6.07) is 59.2. The molecule has 14 aromatic rings. The van der Waals surface area contributed by atoms with Crippen LogP contribution in [0.25, 0.3) is 71.9 Å². The molecule has 14 rings (SSSR count). The fourth-order valence-electron chi connectivity index (χ4n) is 12.8. The second-order valence-electron chi connectivity index (χ2n) is 26.8. The van der Waals surface area contributed by atoms with Crippen LogP contribution in [0.3, 0.4) is 0 Å². The molecule has 0 unspecified atom stereocenters. The summed E-state index contributed by atoms with van der Waals surface area (Å²) < 4.78 is 34.5. The van der Waals surface area contributed by atoms with Crippen LogP contribution in [0.4, 0.5) is 0 Å². The van der Waals surface area contributed by atoms with Crippen molar-refractivity contribution < 1.29 is 27.5 Å². The number of halogens is 4. The van der Waals surface area contributed by atoms with E-state index in [0.717, 1.165) is 6.26 Å². The zero-order chi connectivity index (χ0) is 80.0. The van der Waals surface area contributed by atoms with E-state index < -0.39 is 39.8 Å². The number of amides is 3. The van der Waals surface area contributed by atoms with E-state index in [0.29, 0.717) is 138 Å². The molecule has 8 aromatic carbocycles. The summed E-state index contributed by atoms with van der Waals surface area (Å²) in [4.78, 5) is 107. The Kier molecular flexibility index (Phi) is 24.2. The Bertz CT molecular complexity index is 6310. The number of carbonyl (C=O) groups is 3. The number of ether oxygens (including phenoxy) is 1. The Morgan fingerprint density at radius 3 is 1.11 bits per heavy atom. The number of nitrogens with zero attached hydrogens (tertiary/aromatic N) is 9. The van der Waals surface area contributed by atoms with Crippen molar-refractivity contribution in [2.45, 2.75) is 91.4 Å². The van der Waals surface area contributed by atoms with Crippen molar-refractivity contribution in [3.8, 4) is 45.3 Å². The number of benzene rings is 8. The topological polar surface area (TPSA) is 274 Å². The number of nitrogens with one attached hydrogen (secondary N) is 3. The lowest BCUT2D eigenvalue weighted by molar-refractivity contribution is 0.0924. The number of rotatable bonds is 17. The fourth-order valence-corrected chi connectivity index (χ4v) is 14.5. The number of carbonyl (C=O) groups excluding carboxylic acids is 3. The van der Waals surface area contributed by atoms with E-state index in [1.54, 1.807) is 127 Å². The minimum atomic E-state index is -3.43. The Morgan fingerprint density at radius 2 is 0.750 bits per heavy atom. The van der Waals surface area contributed by atoms with Gasteiger partial charge in [-0.1, -0.05) is 150 Å². The molecule has 0 saturated heterocycles. The summed E-state index contributed by atoms with van der Waals surface area (Å²) in [5.74, 6) is -0.691. The maximum atomic E-state index is 13.7. The van der Waals surface area contributed by atoms with Gasteiger partial charge in [0.1, 0.15) is 22.8 Å². The summed E-state index contributed by atoms with van der Waals surface area (Å²) in [6.07, 6.45) is 5.83. The first-order valence-electron chi connectivity index (χ1n) is 35.4. The lowest BCUT2D eigenvalue weighted by Crippen LogP contribution is -2.33. The van der Waals surface area contributed by atoms with Crippen molar-refractivity contribution >= 4 is 106 Å². The number of sulfone groups is 1. The monoisotopic (exact) mass is 1590 g/mol. The first-order valence-corrected chi connectivity index (χ1v) is 38.8. The third-order valence-electron chi connectivity index (χ3n) is 18.3. The Hall–Kier alpha value is -12.1. The van der Waals surface area contributed by atoms with E-state index >= 15 is 0 Å². The van der Waals surface area contributed by atoms with Crippen LogP contribution in [-0.4, -0.2) is 82.1 Å². The van der Waals surface area contributed by atoms with Gasteiger partial charge in [-0.2, -0.15) is 0 Å². The van der Waals surface area contributed by atoms with Crippen LogP contribution in [0.2, 0.25) is 20.1 Å². The number of hydrogen-bond donors (Lipinski definition) is 3. The number of aromatic nitrogens is 9. The molecular weight excluding hydrogens is 1520 g/mol. The molecule has 0 saturated carbocycles. The second kappa shape index (κ2) is 34.1. The predicted molar refractivity (Wildman–Crippen MR) is 441 cm³/mol. The highest BCUT2D eigenvalue weighted by Crippen LogP contribution is 2.34. The molecule has 0 spiro atoms. The first-order chi connectivity index (χ1) is 53.5. The third kappa shape index (κ3) is 17.4. The van der Waals surface area contributed by atoms with Crippen LogP contribution in [0.1, 0.15) is 124 Å². The van der Waals surface area contributed by atoms with Crippen molar-refractivity contribution in [2.75, 3.05) is 6.26 Å². The lowest BCUT2D eigenvalue weighted by Gasteiger charge is -2.21. The molecule has 0 aliphatic carbocycles. The number of hydrogen-bond acceptors (Lipinski definition) is 15. The maximum absolute atomic E-state index is 13.7. The normalized spacial score (nSPS) is 12.1. The molecule has 0 bridgehead atoms. The molecule has 566 valence electrons. The SMILES string of the molecule is Cc1cnc(C)c(C(=O)N[C@@H](C)c2cc3cccc(Cl)c3c(=O)n2-c2ccccc2)n1.Cc1ncc(-c2ccc(OC(C)C)c(Cl)c2)nc1C(=O)N[C@@H](C)c1cc2cccc(Cl)c2c(=O)n1-c1ccccc1.Cc1ncc(-c2cccc(S(C)(=O)=O)c2)nc1C(=O)N[C@@H](C)c1cc2cccc(Cl)c2c(=O)n1-c1ccccc1. The van der Waals surface area contributed by atoms with Gasteiger partial charge in [0.25, 0.3) is 34.4 Å². The average Bonchev–Trinajstić information content (AvgIpc) is 0.760. The zero-order valence-electron chi connectivity index (χ0n) is 62.3. The van der Waals surface area contributed by atoms with Gasteiger partial charge in [-0.25, -0.2) is 23.4 Å². The lowest BCUT2D eigenvalue weighted by atomic mass is 10.1. The number of para-hydroxylation sites is 3. The van der Waals surface area contributed by atoms with Crippen molar-refractivity contribution in [3.05, 3.63) is 333 Å². The standard InChI is InChI=1S/C32H28Cl2N4O3.C30H25ClN4O4S.C24H21ClN4O2/c1-18(2)41-28-14-13-21(15-25(28)34)26-17-35-20(4)30(37-26)31(39)36-19(3)27-16-22-9-8-12-24(33)29(22)32(40)38(27)23-10-6-5-7-11-23;1-18(26-16-21-10-8-14-24(31)27(21)30(37)35(26)22-11-5-4-6-12-22)33-29(36)28-19(2)32-17-25(34-28)20-9-7-13-23(15-20)40(3,38)39;1-14-13-26-16(3)22(27-14)23(30)28-15(2)20-12-17-8-7-11-19(25)21(17)24(31)29(20)18-9-5-4-6-10-18/h5-19H,1-4H3,(H,36,39);4-18H,1-3H3,(H,33,36);4-13,15H,1-3H3,(H,28,30)/t19-;18-;15-/m000/s1. The van der Waals surface area contributed by atoms with Gasteiger partial charge >= 0.3 is 0 Å². The highest BCUT2D eigenvalue weighted by atomic mass is 35.5. The molecule has 6 aromatic heterocycles. The fraction of sp³-hybridized carbons (Fsp3) is 0.163. The summed E-state index contributed by atoms with van der Waals surface area (Å²) >= 11 is 25.6. The molecule has 0 radical (unpaired) electrons. The molecule has 0 fully saturated rings. The molecule has 0 aliphatic rings. The van der Waals surface area contributed by atoms with Crippen LogP contribution in [0.15, 0.2) is 244 Å². The van der Waals surface area contributed by atoms with Gasteiger partial charge in [-0.15, -0.1) is 0 Å². The van der Waals surface area contributed by atoms with Crippen LogP contribution < -0.4 is 37.4 Å². The summed E-state index contributed by atoms with van der Waals surface area (Å²) in [6.45, 7) is 16.2. The van der Waals surface area contributed by atoms with Crippen LogP contribution in [0, 0.1) is 27.7 Å². The Labute approximate surface area is 664 Å². The van der Waals surface area contributed by atoms with Crippen LogP contribution in [0.5, 0.6) is 5.75 Å². The summed E-state index contributed by atoms with van der Waals surface area (Å²) in [7, 11) is -3.43. The predicted octanol–water partition coefficient (Wildman–Crippen LogP) is 17.2. The third-order valence-corrected chi connectivity index (χ3v) is 20.6. The molecule has 3 atom stereocenters. The maximum Gasteiger partial charge on any atom is 0.272 e. The molecule has 21 nitrogen and oxygen atoms in total. The minimum Gasteiger partial charge on any atom is -0.489 e. The molecule has 26 heteroatoms. The molecule has 112 heavy (non-hydrogen) atoms. The Balaban J connectivity index is 0.000000158. The molecule has 3 N–H and O–H groups in total. The number of fused-ring (bicyclic) bond motifs is 3.